The third-order valence-corrected chi connectivity index (χ3v) is 15.2. The number of hydrogen-bond acceptors (Lipinski definition) is 13. The predicted molar refractivity (Wildman–Crippen MR) is 378 cm³/mol. The normalized spacial score (nSPS) is 11.8. The molecule has 0 radical (unpaired) electrons. The lowest BCUT2D eigenvalue weighted by Crippen LogP contribution is -2.26. The molecule has 0 aromatic heterocycles. The van der Waals surface area contributed by atoms with Crippen molar-refractivity contribution in [3.8, 4) is 40.2 Å². The molecule has 2 aliphatic carbocycles. The van der Waals surface area contributed by atoms with E-state index in [0.717, 1.165) is 95.9 Å². The van der Waals surface area contributed by atoms with Crippen molar-refractivity contribution in [2.75, 3.05) is 27.9 Å². The predicted octanol–water partition coefficient (Wildman–Crippen LogP) is 18.6. The zero-order valence-corrected chi connectivity index (χ0v) is 59.0. The molecule has 2 fully saturated rings. The Balaban J connectivity index is 0.000000401. The van der Waals surface area contributed by atoms with Crippen LogP contribution in [0.1, 0.15) is 204 Å². The van der Waals surface area contributed by atoms with Crippen LogP contribution >= 0.6 is 0 Å². The summed E-state index contributed by atoms with van der Waals surface area (Å²) in [6.45, 7) is 18.0. The van der Waals surface area contributed by atoms with Gasteiger partial charge >= 0.3 is 42.4 Å². The van der Waals surface area contributed by atoms with Crippen LogP contribution in [-0.4, -0.2) is 113 Å². The number of halogens is 4. The van der Waals surface area contributed by atoms with E-state index in [1.807, 2.05) is 72.7 Å². The fourth-order valence-corrected chi connectivity index (χ4v) is 10.2. The van der Waals surface area contributed by atoms with Crippen LogP contribution in [0.15, 0.2) is 103 Å². The van der Waals surface area contributed by atoms with E-state index in [-0.39, 0.29) is 59.0 Å². The van der Waals surface area contributed by atoms with Gasteiger partial charge in [0, 0.05) is 0 Å². The standard InChI is InChI=1S/C13H16O3.C12H13FO3.C11H13FO2.C11H14O4.C11H14O2.C10H12O4.C9H10F2O.CH4/c1-9-6-7-11(13(14)15)12(8-9)16-10-4-2-3-5-10;1-7-5-6-9(12(14)15)11(10(7)13)16-8-3-2-4-8;1-3-4-8-5-7(2)6-9(12)10(8)11(13)14;1-4-15-9-6-7(2)5-8(14-3)10(9)11(12)13;1-3-4-9-7-8(2)5-6-10(9)11(12)13;1-6-4-7(13-2)9(10(11)12)8(5-6)14-3;1-6-3-4-7(2)8(5-6)12-9(10)11;/h6-8,10H,2-5H2,1H3,(H,14,15);5-6,8H,2-4H2,1H3,(H,14,15);5-6H,3-4H2,1-2H3,(H,13,14);5-6H,4H2,1-3H3,(H,12,13);5-7H,3-4H2,1-2H3,(H,12,13);4-5H,1-3H3,(H,11,12);3-5,9H,1-2H3;1H4. The number of aryl methyl sites for hydroxylation is 10. The highest BCUT2D eigenvalue weighted by molar-refractivity contribution is 5.95. The Labute approximate surface area is 588 Å². The molecular weight excluding hydrogens is 1320 g/mol. The van der Waals surface area contributed by atoms with Gasteiger partial charge in [-0.3, -0.25) is 0 Å². The van der Waals surface area contributed by atoms with Gasteiger partial charge in [-0.2, -0.15) is 8.78 Å². The van der Waals surface area contributed by atoms with E-state index >= 15 is 0 Å². The fourth-order valence-electron chi connectivity index (χ4n) is 10.2. The molecule has 2 aliphatic rings. The lowest BCUT2D eigenvalue weighted by Gasteiger charge is -2.27. The number of ether oxygens (including phenoxy) is 7. The number of methoxy groups -OCH3 is 3. The molecule has 0 spiro atoms. The molecule has 6 N–H and O–H groups in total. The summed E-state index contributed by atoms with van der Waals surface area (Å²) in [5, 5.41) is 53.7. The molecule has 0 aliphatic heterocycles. The SMILES string of the molecule is C.CCCc1cc(C)cc(F)c1C(=O)O.CCCc1cc(C)ccc1C(=O)O.CCOc1cc(C)cc(OC)c1C(=O)O.COc1cc(C)cc(OC)c1C(=O)O.Cc1ccc(C(=O)O)c(OC2CCC2)c1F.Cc1ccc(C(=O)O)c(OC2CCCC2)c1.Cc1ccc(C)c(OC(F)F)c1. The van der Waals surface area contributed by atoms with E-state index < -0.39 is 54.1 Å². The van der Waals surface area contributed by atoms with Gasteiger partial charge < -0.3 is 63.8 Å². The topological polar surface area (TPSA) is 288 Å². The van der Waals surface area contributed by atoms with Crippen molar-refractivity contribution in [1.29, 1.82) is 0 Å². The van der Waals surface area contributed by atoms with E-state index in [4.69, 9.17) is 59.1 Å². The van der Waals surface area contributed by atoms with E-state index in [2.05, 4.69) is 4.74 Å². The van der Waals surface area contributed by atoms with Gasteiger partial charge in [0.2, 0.25) is 0 Å². The summed E-state index contributed by atoms with van der Waals surface area (Å²) >= 11 is 0. The molecule has 0 bridgehead atoms. The second-order valence-electron chi connectivity index (χ2n) is 23.5. The third kappa shape index (κ3) is 27.7. The molecule has 7 aromatic carbocycles. The first-order chi connectivity index (χ1) is 47.2. The minimum Gasteiger partial charge on any atom is -0.496 e. The molecule has 550 valence electrons. The average molecular weight is 1410 g/mol. The van der Waals surface area contributed by atoms with Crippen molar-refractivity contribution in [2.45, 2.75) is 173 Å². The van der Waals surface area contributed by atoms with Crippen molar-refractivity contribution in [1.82, 2.24) is 0 Å². The molecule has 101 heavy (non-hydrogen) atoms. The van der Waals surface area contributed by atoms with Crippen molar-refractivity contribution in [3.05, 3.63) is 204 Å². The van der Waals surface area contributed by atoms with Crippen molar-refractivity contribution >= 4 is 35.8 Å². The summed E-state index contributed by atoms with van der Waals surface area (Å²) in [5.74, 6) is -5.45. The number of carboxylic acids is 6. The van der Waals surface area contributed by atoms with Crippen LogP contribution in [0.3, 0.4) is 0 Å². The highest BCUT2D eigenvalue weighted by atomic mass is 19.3. The first kappa shape index (κ1) is 86.8. The Kier molecular flexibility index (Phi) is 37.2. The smallest absolute Gasteiger partial charge is 0.387 e. The van der Waals surface area contributed by atoms with Gasteiger partial charge in [0.05, 0.1) is 51.3 Å². The molecule has 23 heteroatoms. The molecule has 0 saturated heterocycles. The maximum Gasteiger partial charge on any atom is 0.387 e. The van der Waals surface area contributed by atoms with Crippen molar-refractivity contribution in [3.63, 3.8) is 0 Å². The Morgan fingerprint density at radius 3 is 1.26 bits per heavy atom. The minimum absolute atomic E-state index is 0. The summed E-state index contributed by atoms with van der Waals surface area (Å²) < 4.78 is 86.4. The molecule has 19 nitrogen and oxygen atoms in total. The first-order valence-electron chi connectivity index (χ1n) is 32.3. The van der Waals surface area contributed by atoms with Crippen LogP contribution in [-0.2, 0) is 12.8 Å². The lowest BCUT2D eigenvalue weighted by atomic mass is 9.96. The van der Waals surface area contributed by atoms with Crippen LogP contribution in [0.4, 0.5) is 17.6 Å². The van der Waals surface area contributed by atoms with E-state index in [9.17, 15) is 46.3 Å². The molecule has 7 aromatic rings. The van der Waals surface area contributed by atoms with Crippen molar-refractivity contribution < 1.29 is 110 Å². The van der Waals surface area contributed by atoms with Crippen LogP contribution in [0.5, 0.6) is 40.2 Å². The van der Waals surface area contributed by atoms with Gasteiger partial charge in [0.15, 0.2) is 11.6 Å². The summed E-state index contributed by atoms with van der Waals surface area (Å²) in [4.78, 5) is 65.5. The van der Waals surface area contributed by atoms with E-state index in [0.29, 0.717) is 58.5 Å². The monoisotopic (exact) mass is 1410 g/mol. The Morgan fingerprint density at radius 1 is 0.426 bits per heavy atom. The third-order valence-electron chi connectivity index (χ3n) is 15.2. The Bertz CT molecular complexity index is 3870. The lowest BCUT2D eigenvalue weighted by molar-refractivity contribution is -0.0503. The Morgan fingerprint density at radius 2 is 0.812 bits per heavy atom. The fraction of sp³-hybridized carbons (Fsp3) is 0.385. The number of rotatable bonds is 21. The average Bonchev–Trinajstić information content (AvgIpc) is 0.967. The van der Waals surface area contributed by atoms with Gasteiger partial charge in [-0.15, -0.1) is 0 Å². The first-order valence-corrected chi connectivity index (χ1v) is 32.3. The molecule has 0 atom stereocenters. The van der Waals surface area contributed by atoms with Gasteiger partial charge in [-0.05, 0) is 231 Å². The summed E-state index contributed by atoms with van der Waals surface area (Å²) in [6, 6.07) is 28.4. The number of alkyl halides is 2. The van der Waals surface area contributed by atoms with Crippen molar-refractivity contribution in [2.24, 2.45) is 0 Å². The maximum atomic E-state index is 13.8. The number of aromatic carboxylic acids is 6. The summed E-state index contributed by atoms with van der Waals surface area (Å²) in [5.41, 5.74) is 8.80. The molecule has 0 heterocycles. The second kappa shape index (κ2) is 43.3. The molecular formula is C78H96F4O19. The second-order valence-corrected chi connectivity index (χ2v) is 23.5. The number of carbonyl (C=O) groups is 6. The van der Waals surface area contributed by atoms with Gasteiger partial charge in [0.1, 0.15) is 62.6 Å². The zero-order chi connectivity index (χ0) is 75.1. The molecule has 0 amide bonds. The van der Waals surface area contributed by atoms with Gasteiger partial charge in [0.25, 0.3) is 0 Å². The largest absolute Gasteiger partial charge is 0.496 e. The highest BCUT2D eigenvalue weighted by Crippen LogP contribution is 2.34. The minimum atomic E-state index is -2.74. The maximum absolute atomic E-state index is 13.8. The molecule has 2 saturated carbocycles. The Hall–Kier alpha value is -10.3. The number of benzene rings is 7. The van der Waals surface area contributed by atoms with Gasteiger partial charge in [-0.25, -0.2) is 37.5 Å². The van der Waals surface area contributed by atoms with Crippen LogP contribution in [0.25, 0.3) is 0 Å². The van der Waals surface area contributed by atoms with Gasteiger partial charge in [-0.1, -0.05) is 82.1 Å². The molecule has 9 rings (SSSR count). The van der Waals surface area contributed by atoms with Crippen LogP contribution in [0.2, 0.25) is 0 Å². The zero-order valence-electron chi connectivity index (χ0n) is 59.0. The summed E-state index contributed by atoms with van der Waals surface area (Å²) in [6.07, 6.45) is 10.6. The van der Waals surface area contributed by atoms with Crippen LogP contribution in [0, 0.1) is 67.0 Å². The van der Waals surface area contributed by atoms with E-state index in [1.165, 1.54) is 52.4 Å². The number of hydrogen-bond donors (Lipinski definition) is 6. The highest BCUT2D eigenvalue weighted by Gasteiger charge is 2.26. The quantitative estimate of drug-likeness (QED) is 0.0365. The summed E-state index contributed by atoms with van der Waals surface area (Å²) in [7, 11) is 4.30. The molecule has 0 unspecified atom stereocenters. The number of carboxylic acid groups (broad SMARTS) is 6. The van der Waals surface area contributed by atoms with Crippen LogP contribution < -0.4 is 33.2 Å². The van der Waals surface area contributed by atoms with E-state index in [1.54, 1.807) is 88.4 Å².